The molecule has 0 aliphatic rings. The van der Waals surface area contributed by atoms with Gasteiger partial charge in [-0.05, 0) is 64.2 Å². The molecule has 0 spiro atoms. The zero-order chi connectivity index (χ0) is 46.5. The summed E-state index contributed by atoms with van der Waals surface area (Å²) in [5.74, 6) is -0.876. The summed E-state index contributed by atoms with van der Waals surface area (Å²) in [6.45, 7) is 6.60. The molecule has 64 heavy (non-hydrogen) atoms. The van der Waals surface area contributed by atoms with E-state index in [1.165, 1.54) is 193 Å². The van der Waals surface area contributed by atoms with Crippen molar-refractivity contribution in [1.29, 1.82) is 0 Å². The second-order valence-corrected chi connectivity index (χ2v) is 19.2. The summed E-state index contributed by atoms with van der Waals surface area (Å²) in [7, 11) is 0. The molecule has 0 heterocycles. The van der Waals surface area contributed by atoms with E-state index in [1.807, 2.05) is 0 Å². The molecule has 0 aromatic heterocycles. The Morgan fingerprint density at radius 3 is 0.844 bits per heavy atom. The predicted octanol–water partition coefficient (Wildman–Crippen LogP) is 18.7. The smallest absolute Gasteiger partial charge is 0.306 e. The molecular formula is C58H108O6. The van der Waals surface area contributed by atoms with Crippen molar-refractivity contribution in [3.8, 4) is 0 Å². The van der Waals surface area contributed by atoms with Gasteiger partial charge >= 0.3 is 17.9 Å². The van der Waals surface area contributed by atoms with Gasteiger partial charge in [0, 0.05) is 19.3 Å². The monoisotopic (exact) mass is 901 g/mol. The van der Waals surface area contributed by atoms with Crippen LogP contribution >= 0.6 is 0 Å². The van der Waals surface area contributed by atoms with Crippen molar-refractivity contribution in [3.05, 3.63) is 24.3 Å². The van der Waals surface area contributed by atoms with Crippen LogP contribution in [0.5, 0.6) is 0 Å². The van der Waals surface area contributed by atoms with E-state index in [2.05, 4.69) is 45.1 Å². The van der Waals surface area contributed by atoms with Gasteiger partial charge in [0.15, 0.2) is 6.10 Å². The van der Waals surface area contributed by atoms with E-state index in [9.17, 15) is 14.4 Å². The van der Waals surface area contributed by atoms with Crippen LogP contribution < -0.4 is 0 Å². The van der Waals surface area contributed by atoms with Crippen molar-refractivity contribution in [2.24, 2.45) is 0 Å². The number of carbonyl (C=O) groups is 3. The van der Waals surface area contributed by atoms with Gasteiger partial charge in [-0.2, -0.15) is 0 Å². The standard InChI is InChI=1S/C58H108O6/c1-4-7-10-13-16-19-22-24-26-27-28-29-30-31-33-34-36-39-42-45-48-51-57(60)63-54-55(53-62-56(59)50-47-44-41-38-21-18-15-12-9-6-3)64-58(61)52-49-46-43-40-37-35-32-25-23-20-17-14-11-8-5-2/h12,15,25,32,55H,4-11,13-14,16-24,26-31,33-54H2,1-3H3/b15-12-,32-25-. The lowest BCUT2D eigenvalue weighted by atomic mass is 10.0. The third-order valence-corrected chi connectivity index (χ3v) is 12.7. The molecule has 0 amide bonds. The van der Waals surface area contributed by atoms with Gasteiger partial charge < -0.3 is 14.2 Å². The van der Waals surface area contributed by atoms with Gasteiger partial charge in [0.1, 0.15) is 13.2 Å². The van der Waals surface area contributed by atoms with Crippen molar-refractivity contribution < 1.29 is 28.6 Å². The highest BCUT2D eigenvalue weighted by Gasteiger charge is 2.19. The molecule has 1 unspecified atom stereocenters. The average molecular weight is 901 g/mol. The summed E-state index contributed by atoms with van der Waals surface area (Å²) in [4.78, 5) is 38.0. The van der Waals surface area contributed by atoms with Crippen molar-refractivity contribution in [3.63, 3.8) is 0 Å². The molecule has 0 aliphatic carbocycles. The molecule has 0 saturated carbocycles. The lowest BCUT2D eigenvalue weighted by Gasteiger charge is -2.18. The van der Waals surface area contributed by atoms with Gasteiger partial charge in [-0.3, -0.25) is 14.4 Å². The van der Waals surface area contributed by atoms with Gasteiger partial charge in [0.2, 0.25) is 0 Å². The third-order valence-electron chi connectivity index (χ3n) is 12.7. The molecule has 0 saturated heterocycles. The van der Waals surface area contributed by atoms with Crippen molar-refractivity contribution in [2.45, 2.75) is 316 Å². The molecule has 0 aromatic rings. The Hall–Kier alpha value is -2.11. The van der Waals surface area contributed by atoms with Crippen LogP contribution in [0.25, 0.3) is 0 Å². The fraction of sp³-hybridized carbons (Fsp3) is 0.879. The normalized spacial score (nSPS) is 12.1. The van der Waals surface area contributed by atoms with Gasteiger partial charge in [0.05, 0.1) is 0 Å². The summed E-state index contributed by atoms with van der Waals surface area (Å²) in [5.41, 5.74) is 0. The van der Waals surface area contributed by atoms with Crippen LogP contribution in [-0.4, -0.2) is 37.2 Å². The highest BCUT2D eigenvalue weighted by Crippen LogP contribution is 2.17. The molecule has 376 valence electrons. The number of ether oxygens (including phenoxy) is 3. The summed E-state index contributed by atoms with van der Waals surface area (Å²) < 4.78 is 16.8. The first-order valence-electron chi connectivity index (χ1n) is 28.3. The van der Waals surface area contributed by atoms with Crippen LogP contribution in [-0.2, 0) is 28.6 Å². The zero-order valence-corrected chi connectivity index (χ0v) is 43.1. The molecule has 0 aromatic carbocycles. The minimum Gasteiger partial charge on any atom is -0.462 e. The number of hydrogen-bond donors (Lipinski definition) is 0. The third kappa shape index (κ3) is 50.9. The van der Waals surface area contributed by atoms with E-state index in [0.717, 1.165) is 77.0 Å². The van der Waals surface area contributed by atoms with Crippen LogP contribution in [0.4, 0.5) is 0 Å². The van der Waals surface area contributed by atoms with Crippen LogP contribution in [0.1, 0.15) is 310 Å². The average Bonchev–Trinajstić information content (AvgIpc) is 3.29. The molecule has 0 radical (unpaired) electrons. The molecule has 6 nitrogen and oxygen atoms in total. The van der Waals surface area contributed by atoms with E-state index in [-0.39, 0.29) is 31.1 Å². The Bertz CT molecular complexity index is 1040. The first-order valence-corrected chi connectivity index (χ1v) is 28.3. The lowest BCUT2D eigenvalue weighted by Crippen LogP contribution is -2.30. The van der Waals surface area contributed by atoms with E-state index in [1.54, 1.807) is 0 Å². The summed E-state index contributed by atoms with van der Waals surface area (Å²) in [6.07, 6.45) is 61.8. The fourth-order valence-electron chi connectivity index (χ4n) is 8.38. The minimum atomic E-state index is -0.774. The molecule has 0 N–H and O–H groups in total. The SMILES string of the molecule is CCC/C=C\CCCCCCCC(=O)OCC(COC(=O)CCCCCCCCCCCCCCCCCCCCCCC)OC(=O)CCCCCCC/C=C\CCCCCCCC. The van der Waals surface area contributed by atoms with Crippen LogP contribution in [0.15, 0.2) is 24.3 Å². The quantitative estimate of drug-likeness (QED) is 0.0262. The Balaban J connectivity index is 4.23. The Morgan fingerprint density at radius 2 is 0.547 bits per heavy atom. The molecule has 0 bridgehead atoms. The van der Waals surface area contributed by atoms with Crippen molar-refractivity contribution in [2.75, 3.05) is 13.2 Å². The molecule has 6 heteroatoms. The highest BCUT2D eigenvalue weighted by molar-refractivity contribution is 5.71. The number of hydrogen-bond acceptors (Lipinski definition) is 6. The predicted molar refractivity (Wildman–Crippen MR) is 275 cm³/mol. The van der Waals surface area contributed by atoms with Gasteiger partial charge in [-0.1, -0.05) is 251 Å². The largest absolute Gasteiger partial charge is 0.462 e. The molecule has 0 rings (SSSR count). The maximum Gasteiger partial charge on any atom is 0.306 e. The lowest BCUT2D eigenvalue weighted by molar-refractivity contribution is -0.167. The number of unbranched alkanes of at least 4 members (excludes halogenated alkanes) is 37. The van der Waals surface area contributed by atoms with E-state index in [0.29, 0.717) is 19.3 Å². The first kappa shape index (κ1) is 61.9. The second kappa shape index (κ2) is 53.5. The Morgan fingerprint density at radius 1 is 0.297 bits per heavy atom. The van der Waals surface area contributed by atoms with E-state index >= 15 is 0 Å². The molecule has 0 fully saturated rings. The Kier molecular flexibility index (Phi) is 51.7. The number of rotatable bonds is 52. The van der Waals surface area contributed by atoms with Crippen molar-refractivity contribution >= 4 is 17.9 Å². The van der Waals surface area contributed by atoms with Crippen molar-refractivity contribution in [1.82, 2.24) is 0 Å². The topological polar surface area (TPSA) is 78.9 Å². The number of allylic oxidation sites excluding steroid dienone is 4. The van der Waals surface area contributed by atoms with Crippen LogP contribution in [0.2, 0.25) is 0 Å². The summed E-state index contributed by atoms with van der Waals surface area (Å²) in [6, 6.07) is 0. The Labute approximate surface area is 398 Å². The first-order chi connectivity index (χ1) is 31.5. The fourth-order valence-corrected chi connectivity index (χ4v) is 8.38. The summed E-state index contributed by atoms with van der Waals surface area (Å²) >= 11 is 0. The second-order valence-electron chi connectivity index (χ2n) is 19.2. The number of esters is 3. The van der Waals surface area contributed by atoms with Gasteiger partial charge in [-0.25, -0.2) is 0 Å². The molecule has 1 atom stereocenters. The molecular weight excluding hydrogens is 793 g/mol. The van der Waals surface area contributed by atoms with E-state index < -0.39 is 6.10 Å². The minimum absolute atomic E-state index is 0.0732. The van der Waals surface area contributed by atoms with E-state index in [4.69, 9.17) is 14.2 Å². The maximum atomic E-state index is 12.8. The van der Waals surface area contributed by atoms with Gasteiger partial charge in [0.25, 0.3) is 0 Å². The molecule has 0 aliphatic heterocycles. The van der Waals surface area contributed by atoms with Crippen LogP contribution in [0.3, 0.4) is 0 Å². The van der Waals surface area contributed by atoms with Crippen LogP contribution in [0, 0.1) is 0 Å². The maximum absolute atomic E-state index is 12.8. The highest BCUT2D eigenvalue weighted by atomic mass is 16.6. The van der Waals surface area contributed by atoms with Gasteiger partial charge in [-0.15, -0.1) is 0 Å². The number of carbonyl (C=O) groups excluding carboxylic acids is 3. The summed E-state index contributed by atoms with van der Waals surface area (Å²) in [5, 5.41) is 0. The zero-order valence-electron chi connectivity index (χ0n) is 43.1.